The van der Waals surface area contributed by atoms with Crippen LogP contribution in [0.4, 0.5) is 0 Å². The number of benzene rings is 2. The van der Waals surface area contributed by atoms with Crippen LogP contribution in [-0.4, -0.2) is 19.3 Å². The lowest BCUT2D eigenvalue weighted by Gasteiger charge is -2.25. The molecule has 0 radical (unpaired) electrons. The van der Waals surface area contributed by atoms with Crippen molar-refractivity contribution in [3.8, 4) is 11.1 Å². The minimum atomic E-state index is 0.304. The van der Waals surface area contributed by atoms with Gasteiger partial charge in [-0.3, -0.25) is 0 Å². The predicted octanol–water partition coefficient (Wildman–Crippen LogP) is 3.91. The quantitative estimate of drug-likeness (QED) is 0.919. The molecule has 0 amide bonds. The van der Waals surface area contributed by atoms with Gasteiger partial charge in [-0.25, -0.2) is 0 Å². The van der Waals surface area contributed by atoms with Crippen molar-refractivity contribution in [3.63, 3.8) is 0 Å². The molecule has 2 nitrogen and oxygen atoms in total. The van der Waals surface area contributed by atoms with Gasteiger partial charge in [0.25, 0.3) is 0 Å². The Bertz CT molecular complexity index is 606. The highest BCUT2D eigenvalue weighted by atomic mass is 16.5. The topological polar surface area (TPSA) is 21.3 Å². The Hall–Kier alpha value is -1.64. The molecule has 0 aliphatic heterocycles. The second kappa shape index (κ2) is 5.28. The minimum Gasteiger partial charge on any atom is -0.380 e. The zero-order chi connectivity index (χ0) is 14.2. The van der Waals surface area contributed by atoms with Gasteiger partial charge in [0.15, 0.2) is 0 Å². The average Bonchev–Trinajstić information content (AvgIpc) is 3.11. The van der Waals surface area contributed by atoms with Crippen LogP contribution >= 0.6 is 0 Å². The molecule has 108 valence electrons. The average molecular weight is 279 g/mol. The van der Waals surface area contributed by atoms with Crippen LogP contribution in [0.2, 0.25) is 0 Å². The van der Waals surface area contributed by atoms with Gasteiger partial charge in [0.2, 0.25) is 0 Å². The summed E-state index contributed by atoms with van der Waals surface area (Å²) in [6.45, 7) is 0. The maximum Gasteiger partial charge on any atom is 0.0724 e. The van der Waals surface area contributed by atoms with E-state index in [1.807, 2.05) is 7.11 Å². The van der Waals surface area contributed by atoms with Crippen molar-refractivity contribution in [1.29, 1.82) is 0 Å². The zero-order valence-corrected chi connectivity index (χ0v) is 12.4. The fraction of sp³-hybridized carbons (Fsp3) is 0.368. The Kier molecular flexibility index (Phi) is 3.28. The highest BCUT2D eigenvalue weighted by molar-refractivity contribution is 5.78. The number of methoxy groups -OCH3 is 1. The largest absolute Gasteiger partial charge is 0.380 e. The van der Waals surface area contributed by atoms with E-state index in [0.29, 0.717) is 18.2 Å². The predicted molar refractivity (Wildman–Crippen MR) is 85.3 cm³/mol. The van der Waals surface area contributed by atoms with Gasteiger partial charge in [-0.05, 0) is 41.5 Å². The molecule has 2 aliphatic carbocycles. The summed E-state index contributed by atoms with van der Waals surface area (Å²) >= 11 is 0. The molecule has 21 heavy (non-hydrogen) atoms. The summed E-state index contributed by atoms with van der Waals surface area (Å²) in [6.07, 6.45) is 3.99. The Labute approximate surface area is 126 Å². The van der Waals surface area contributed by atoms with Gasteiger partial charge < -0.3 is 10.1 Å². The van der Waals surface area contributed by atoms with Gasteiger partial charge in [0.05, 0.1) is 12.1 Å². The van der Waals surface area contributed by atoms with Gasteiger partial charge in [-0.1, -0.05) is 48.5 Å². The number of hydrogen-bond donors (Lipinski definition) is 1. The van der Waals surface area contributed by atoms with Crippen molar-refractivity contribution >= 4 is 0 Å². The summed E-state index contributed by atoms with van der Waals surface area (Å²) in [4.78, 5) is 0. The van der Waals surface area contributed by atoms with Crippen molar-refractivity contribution in [2.45, 2.75) is 37.5 Å². The first-order valence-corrected chi connectivity index (χ1v) is 7.85. The van der Waals surface area contributed by atoms with Gasteiger partial charge in [-0.15, -0.1) is 0 Å². The molecule has 0 bridgehead atoms. The van der Waals surface area contributed by atoms with E-state index in [4.69, 9.17) is 4.74 Å². The van der Waals surface area contributed by atoms with E-state index in [0.717, 1.165) is 0 Å². The Morgan fingerprint density at radius 3 is 2.14 bits per heavy atom. The third kappa shape index (κ3) is 2.10. The van der Waals surface area contributed by atoms with E-state index < -0.39 is 0 Å². The molecular formula is C19H21NO. The van der Waals surface area contributed by atoms with Crippen LogP contribution in [0.25, 0.3) is 11.1 Å². The van der Waals surface area contributed by atoms with Crippen LogP contribution < -0.4 is 5.32 Å². The number of fused-ring (bicyclic) bond motifs is 3. The first-order valence-electron chi connectivity index (χ1n) is 7.85. The molecule has 2 aromatic carbocycles. The smallest absolute Gasteiger partial charge is 0.0724 e. The number of ether oxygens (including phenoxy) is 1. The summed E-state index contributed by atoms with van der Waals surface area (Å²) in [5.74, 6) is 0. The molecular weight excluding hydrogens is 258 g/mol. The van der Waals surface area contributed by atoms with Gasteiger partial charge in [-0.2, -0.15) is 0 Å². The summed E-state index contributed by atoms with van der Waals surface area (Å²) in [6, 6.07) is 18.3. The van der Waals surface area contributed by atoms with Crippen molar-refractivity contribution in [2.75, 3.05) is 7.11 Å². The Morgan fingerprint density at radius 2 is 1.52 bits per heavy atom. The van der Waals surface area contributed by atoms with E-state index in [-0.39, 0.29) is 0 Å². The molecule has 2 unspecified atom stereocenters. The monoisotopic (exact) mass is 279 g/mol. The lowest BCUT2D eigenvalue weighted by atomic mass is 10.0. The normalized spacial score (nSPS) is 24.0. The Balaban J connectivity index is 1.72. The molecule has 1 saturated carbocycles. The van der Waals surface area contributed by atoms with Crippen molar-refractivity contribution < 1.29 is 4.74 Å². The van der Waals surface area contributed by atoms with Crippen molar-refractivity contribution in [2.24, 2.45) is 0 Å². The maximum atomic E-state index is 5.65. The molecule has 0 spiro atoms. The van der Waals surface area contributed by atoms with Crippen LogP contribution in [0.5, 0.6) is 0 Å². The third-order valence-electron chi connectivity index (χ3n) is 4.97. The summed E-state index contributed by atoms with van der Waals surface area (Å²) in [5, 5.41) is 3.87. The highest BCUT2D eigenvalue weighted by Crippen LogP contribution is 2.43. The number of nitrogens with one attached hydrogen (secondary N) is 1. The standard InChI is InChI=1S/C19H21NO/c1-21-18-12-6-11-17(18)20-19-15-9-4-2-7-13(15)14-8-3-5-10-16(14)19/h2-5,7-10,17-20H,6,11-12H2,1H3. The summed E-state index contributed by atoms with van der Waals surface area (Å²) < 4.78 is 5.65. The first kappa shape index (κ1) is 13.1. The second-order valence-electron chi connectivity index (χ2n) is 6.09. The third-order valence-corrected chi connectivity index (χ3v) is 4.97. The zero-order valence-electron chi connectivity index (χ0n) is 12.4. The van der Waals surface area contributed by atoms with E-state index in [2.05, 4.69) is 53.8 Å². The number of rotatable bonds is 3. The number of hydrogen-bond acceptors (Lipinski definition) is 2. The fourth-order valence-electron chi connectivity index (χ4n) is 3.95. The molecule has 2 aliphatic rings. The summed E-state index contributed by atoms with van der Waals surface area (Å²) in [5.41, 5.74) is 5.55. The molecule has 0 heterocycles. The van der Waals surface area contributed by atoms with Crippen LogP contribution in [-0.2, 0) is 4.74 Å². The lowest BCUT2D eigenvalue weighted by Crippen LogP contribution is -2.39. The van der Waals surface area contributed by atoms with Crippen LogP contribution in [0, 0.1) is 0 Å². The molecule has 1 fully saturated rings. The van der Waals surface area contributed by atoms with E-state index >= 15 is 0 Å². The molecule has 2 heteroatoms. The molecule has 4 rings (SSSR count). The van der Waals surface area contributed by atoms with Gasteiger partial charge >= 0.3 is 0 Å². The highest BCUT2D eigenvalue weighted by Gasteiger charge is 2.34. The van der Waals surface area contributed by atoms with Crippen LogP contribution in [0.1, 0.15) is 36.4 Å². The summed E-state index contributed by atoms with van der Waals surface area (Å²) in [7, 11) is 1.83. The lowest BCUT2D eigenvalue weighted by molar-refractivity contribution is 0.0829. The van der Waals surface area contributed by atoms with Gasteiger partial charge in [0, 0.05) is 13.2 Å². The second-order valence-corrected chi connectivity index (χ2v) is 6.09. The molecule has 1 N–H and O–H groups in total. The van der Waals surface area contributed by atoms with E-state index in [1.54, 1.807) is 0 Å². The van der Waals surface area contributed by atoms with E-state index in [1.165, 1.54) is 41.5 Å². The molecule has 0 saturated heterocycles. The van der Waals surface area contributed by atoms with Crippen LogP contribution in [0.15, 0.2) is 48.5 Å². The molecule has 2 atom stereocenters. The van der Waals surface area contributed by atoms with Crippen molar-refractivity contribution in [1.82, 2.24) is 5.32 Å². The van der Waals surface area contributed by atoms with E-state index in [9.17, 15) is 0 Å². The van der Waals surface area contributed by atoms with Crippen LogP contribution in [0.3, 0.4) is 0 Å². The maximum absolute atomic E-state index is 5.65. The SMILES string of the molecule is COC1CCCC1NC1c2ccccc2-c2ccccc21. The Morgan fingerprint density at radius 1 is 0.905 bits per heavy atom. The van der Waals surface area contributed by atoms with Crippen molar-refractivity contribution in [3.05, 3.63) is 59.7 Å². The minimum absolute atomic E-state index is 0.304. The first-order chi connectivity index (χ1) is 10.4. The van der Waals surface area contributed by atoms with Gasteiger partial charge in [0.1, 0.15) is 0 Å². The fourth-order valence-corrected chi connectivity index (χ4v) is 3.95. The molecule has 2 aromatic rings. The molecule has 0 aromatic heterocycles.